The van der Waals surface area contributed by atoms with Crippen LogP contribution in [0.2, 0.25) is 0 Å². The molecule has 1 N–H and O–H groups in total. The number of aromatic nitrogens is 2. The van der Waals surface area contributed by atoms with Gasteiger partial charge in [-0.2, -0.15) is 0 Å². The predicted octanol–water partition coefficient (Wildman–Crippen LogP) is 6.07. The lowest BCUT2D eigenvalue weighted by atomic mass is 9.82. The van der Waals surface area contributed by atoms with Crippen molar-refractivity contribution in [3.63, 3.8) is 0 Å². The number of benzene rings is 1. The molecule has 1 aliphatic carbocycles. The number of aromatic carboxylic acids is 1. The predicted molar refractivity (Wildman–Crippen MR) is 138 cm³/mol. The van der Waals surface area contributed by atoms with Crippen LogP contribution < -0.4 is 4.90 Å². The van der Waals surface area contributed by atoms with Crippen LogP contribution in [0.25, 0.3) is 16.1 Å². The zero-order chi connectivity index (χ0) is 25.3. The molecule has 184 valence electrons. The highest BCUT2D eigenvalue weighted by molar-refractivity contribution is 7.17. The van der Waals surface area contributed by atoms with E-state index in [0.717, 1.165) is 36.1 Å². The molecule has 7 nitrogen and oxygen atoms in total. The molecule has 0 spiro atoms. The number of thiophene rings is 1. The number of nitrogens with zero attached hydrogens (tertiary/aromatic N) is 3. The Morgan fingerprint density at radius 3 is 2.26 bits per heavy atom. The van der Waals surface area contributed by atoms with E-state index in [1.165, 1.54) is 22.2 Å². The van der Waals surface area contributed by atoms with Crippen LogP contribution in [0.4, 0.5) is 5.82 Å². The second-order valence-electron chi connectivity index (χ2n) is 9.64. The van der Waals surface area contributed by atoms with Gasteiger partial charge in [-0.05, 0) is 82.2 Å². The van der Waals surface area contributed by atoms with Crippen LogP contribution in [0.15, 0.2) is 42.6 Å². The number of carboxylic acid groups (broad SMARTS) is 1. The third-order valence-electron chi connectivity index (χ3n) is 6.64. The Morgan fingerprint density at radius 2 is 1.71 bits per heavy atom. The van der Waals surface area contributed by atoms with E-state index in [1.807, 2.05) is 50.2 Å². The fourth-order valence-corrected chi connectivity index (χ4v) is 5.50. The van der Waals surface area contributed by atoms with Crippen molar-refractivity contribution in [3.05, 3.63) is 53.0 Å². The van der Waals surface area contributed by atoms with Crippen molar-refractivity contribution < 1.29 is 19.5 Å². The number of carbonyl (C=O) groups excluding carboxylic acids is 2. The second-order valence-corrected chi connectivity index (χ2v) is 10.7. The summed E-state index contributed by atoms with van der Waals surface area (Å²) in [5, 5.41) is 14.5. The Labute approximate surface area is 209 Å². The van der Waals surface area contributed by atoms with Gasteiger partial charge in [0.25, 0.3) is 0 Å². The molecule has 1 fully saturated rings. The summed E-state index contributed by atoms with van der Waals surface area (Å²) in [4.78, 5) is 40.4. The summed E-state index contributed by atoms with van der Waals surface area (Å²) in [5.41, 5.74) is 1.65. The van der Waals surface area contributed by atoms with Gasteiger partial charge in [0.15, 0.2) is 11.6 Å². The first kappa shape index (κ1) is 24.9. The minimum absolute atomic E-state index is 0.00432. The minimum atomic E-state index is -1.12. The van der Waals surface area contributed by atoms with Crippen LogP contribution in [0, 0.1) is 11.8 Å². The summed E-state index contributed by atoms with van der Waals surface area (Å²) in [6.07, 6.45) is 5.13. The quantitative estimate of drug-likeness (QED) is 0.403. The van der Waals surface area contributed by atoms with E-state index < -0.39 is 5.97 Å². The summed E-state index contributed by atoms with van der Waals surface area (Å²) in [7, 11) is 0. The molecule has 0 aliphatic heterocycles. The lowest BCUT2D eigenvalue weighted by Gasteiger charge is -2.32. The number of amides is 1. The molecule has 0 atom stereocenters. The largest absolute Gasteiger partial charge is 0.477 e. The van der Waals surface area contributed by atoms with Gasteiger partial charge in [-0.1, -0.05) is 19.1 Å². The molecule has 0 radical (unpaired) electrons. The van der Waals surface area contributed by atoms with Crippen molar-refractivity contribution in [2.75, 3.05) is 4.90 Å². The fourth-order valence-electron chi connectivity index (χ4n) is 4.59. The zero-order valence-corrected chi connectivity index (χ0v) is 21.3. The molecular weight excluding hydrogens is 462 g/mol. The topological polar surface area (TPSA) is 92.5 Å². The number of carboxylic acids is 1. The lowest BCUT2D eigenvalue weighted by molar-refractivity contribution is -0.124. The third kappa shape index (κ3) is 5.22. The number of anilines is 1. The number of carbonyl (C=O) groups is 3. The Hall–Kier alpha value is -3.26. The maximum absolute atomic E-state index is 13.5. The van der Waals surface area contributed by atoms with Gasteiger partial charge < -0.3 is 5.11 Å². The van der Waals surface area contributed by atoms with Crippen LogP contribution >= 0.6 is 11.3 Å². The molecule has 8 heteroatoms. The van der Waals surface area contributed by atoms with Gasteiger partial charge >= 0.3 is 5.97 Å². The molecule has 1 amide bonds. The van der Waals surface area contributed by atoms with Crippen molar-refractivity contribution in [3.8, 4) is 16.1 Å². The number of hydrogen-bond acceptors (Lipinski definition) is 5. The molecule has 1 aliphatic rings. The highest BCUT2D eigenvalue weighted by Crippen LogP contribution is 2.33. The van der Waals surface area contributed by atoms with Crippen molar-refractivity contribution in [1.29, 1.82) is 0 Å². The van der Waals surface area contributed by atoms with Gasteiger partial charge in [0.05, 0.1) is 10.6 Å². The van der Waals surface area contributed by atoms with Crippen LogP contribution in [0.1, 0.15) is 73.4 Å². The molecule has 3 aromatic rings. The molecule has 35 heavy (non-hydrogen) atoms. The minimum Gasteiger partial charge on any atom is -0.477 e. The van der Waals surface area contributed by atoms with Gasteiger partial charge in [-0.15, -0.1) is 16.4 Å². The van der Waals surface area contributed by atoms with Crippen LogP contribution in [-0.2, 0) is 4.79 Å². The highest BCUT2D eigenvalue weighted by Gasteiger charge is 2.34. The Morgan fingerprint density at radius 1 is 1.06 bits per heavy atom. The molecular formula is C27H31N3O4S. The van der Waals surface area contributed by atoms with Gasteiger partial charge in [-0.25, -0.2) is 9.48 Å². The van der Waals surface area contributed by atoms with Gasteiger partial charge in [0.2, 0.25) is 5.91 Å². The van der Waals surface area contributed by atoms with Crippen LogP contribution in [-0.4, -0.2) is 38.6 Å². The number of Topliss-reactive ketones (excluding diaryl/α,β-unsaturated/α-hetero) is 1. The fraction of sp³-hybridized carbons (Fsp3) is 0.407. The normalized spacial score (nSPS) is 18.0. The van der Waals surface area contributed by atoms with Gasteiger partial charge in [0, 0.05) is 23.0 Å². The Bertz CT molecular complexity index is 1230. The highest BCUT2D eigenvalue weighted by atomic mass is 32.1. The summed E-state index contributed by atoms with van der Waals surface area (Å²) in [6.45, 7) is 7.53. The van der Waals surface area contributed by atoms with E-state index in [9.17, 15) is 19.5 Å². The third-order valence-corrected chi connectivity index (χ3v) is 7.88. The first-order valence-corrected chi connectivity index (χ1v) is 12.8. The molecule has 0 unspecified atom stereocenters. The Kier molecular flexibility index (Phi) is 7.21. The van der Waals surface area contributed by atoms with E-state index in [4.69, 9.17) is 0 Å². The second kappa shape index (κ2) is 10.2. The molecule has 1 aromatic carbocycles. The average Bonchev–Trinajstić information content (AvgIpc) is 3.48. The summed E-state index contributed by atoms with van der Waals surface area (Å²) in [5.74, 6) is -0.431. The molecule has 4 rings (SSSR count). The van der Waals surface area contributed by atoms with E-state index in [0.29, 0.717) is 16.5 Å². The Balaban J connectivity index is 1.65. The standard InChI is InChI=1S/C27H31N3O4S/c1-16(2)30(26(32)20-7-5-17(3)6-8-20)25-22(27(33)34)15-29(28-25)21-11-9-19(10-12-21)24-14-13-23(35-24)18(4)31/h9-17,20H,5-8H2,1-4H3,(H,33,34). The summed E-state index contributed by atoms with van der Waals surface area (Å²) in [6, 6.07) is 11.1. The molecule has 0 saturated heterocycles. The van der Waals surface area contributed by atoms with Crippen LogP contribution in [0.3, 0.4) is 0 Å². The summed E-state index contributed by atoms with van der Waals surface area (Å²) < 4.78 is 1.52. The lowest BCUT2D eigenvalue weighted by Crippen LogP contribution is -2.43. The van der Waals surface area contributed by atoms with E-state index in [-0.39, 0.29) is 35.0 Å². The maximum Gasteiger partial charge on any atom is 0.341 e. The molecule has 1 saturated carbocycles. The van der Waals surface area contributed by atoms with E-state index in [2.05, 4.69) is 12.0 Å². The smallest absolute Gasteiger partial charge is 0.341 e. The number of rotatable bonds is 7. The number of hydrogen-bond donors (Lipinski definition) is 1. The number of ketones is 1. The summed E-state index contributed by atoms with van der Waals surface area (Å²) >= 11 is 1.44. The van der Waals surface area contributed by atoms with E-state index in [1.54, 1.807) is 11.8 Å². The molecule has 0 bridgehead atoms. The molecule has 2 heterocycles. The SMILES string of the molecule is CC(=O)c1ccc(-c2ccc(-n3cc(C(=O)O)c(N(C(=O)C4CCC(C)CC4)C(C)C)n3)cc2)s1. The van der Waals surface area contributed by atoms with Crippen molar-refractivity contribution >= 4 is 34.8 Å². The van der Waals surface area contributed by atoms with Crippen LogP contribution in [0.5, 0.6) is 0 Å². The average molecular weight is 494 g/mol. The van der Waals surface area contributed by atoms with Gasteiger partial charge in [0.1, 0.15) is 5.56 Å². The van der Waals surface area contributed by atoms with Crippen molar-refractivity contribution in [2.45, 2.75) is 59.4 Å². The van der Waals surface area contributed by atoms with Crippen molar-refractivity contribution in [1.82, 2.24) is 9.78 Å². The zero-order valence-electron chi connectivity index (χ0n) is 20.5. The maximum atomic E-state index is 13.5. The first-order valence-electron chi connectivity index (χ1n) is 12.0. The van der Waals surface area contributed by atoms with Crippen molar-refractivity contribution in [2.24, 2.45) is 11.8 Å². The van der Waals surface area contributed by atoms with E-state index >= 15 is 0 Å². The molecule has 2 aromatic heterocycles. The first-order chi connectivity index (χ1) is 16.7. The van der Waals surface area contributed by atoms with Gasteiger partial charge in [-0.3, -0.25) is 14.5 Å². The monoisotopic (exact) mass is 493 g/mol.